The van der Waals surface area contributed by atoms with Gasteiger partial charge >= 0.3 is 0 Å². The lowest BCUT2D eigenvalue weighted by Crippen LogP contribution is -2.30. The zero-order chi connectivity index (χ0) is 18.9. The van der Waals surface area contributed by atoms with Gasteiger partial charge in [0.25, 0.3) is 5.91 Å². The molecular weight excluding hydrogens is 433 g/mol. The first-order chi connectivity index (χ1) is 13.0. The minimum atomic E-state index is -1.18. The molecule has 0 spiro atoms. The molecule has 138 valence electrons. The van der Waals surface area contributed by atoms with Crippen LogP contribution in [-0.4, -0.2) is 32.7 Å². The Bertz CT molecular complexity index is 1100. The van der Waals surface area contributed by atoms with Gasteiger partial charge in [-0.15, -0.1) is 0 Å². The molecule has 2 bridgehead atoms. The number of alkyl halides is 2. The van der Waals surface area contributed by atoms with E-state index in [1.165, 1.54) is 0 Å². The topological polar surface area (TPSA) is 38.1 Å². The highest BCUT2D eigenvalue weighted by Gasteiger charge is 2.44. The molecule has 4 nitrogen and oxygen atoms in total. The molecule has 0 saturated carbocycles. The van der Waals surface area contributed by atoms with Gasteiger partial charge in [0.05, 0.1) is 23.1 Å². The van der Waals surface area contributed by atoms with Crippen molar-refractivity contribution < 1.29 is 9.18 Å². The number of carbonyl (C=O) groups is 1. The number of benzene rings is 2. The van der Waals surface area contributed by atoms with Crippen molar-refractivity contribution in [1.82, 2.24) is 14.5 Å². The maximum Gasteiger partial charge on any atom is 0.254 e. The monoisotopic (exact) mass is 447 g/mol. The Kier molecular flexibility index (Phi) is 3.85. The first kappa shape index (κ1) is 17.2. The molecule has 1 amide bonds. The molecule has 0 N–H and O–H groups in total. The third kappa shape index (κ3) is 2.32. The van der Waals surface area contributed by atoms with Crippen LogP contribution < -0.4 is 0 Å². The van der Waals surface area contributed by atoms with Crippen molar-refractivity contribution in [1.29, 1.82) is 0 Å². The van der Waals surface area contributed by atoms with Crippen LogP contribution in [0, 0.1) is 0 Å². The summed E-state index contributed by atoms with van der Waals surface area (Å²) in [7, 11) is 1.80. The Morgan fingerprint density at radius 2 is 2.15 bits per heavy atom. The summed E-state index contributed by atoms with van der Waals surface area (Å²) in [5.74, 6) is 0.750. The molecule has 0 fully saturated rings. The van der Waals surface area contributed by atoms with Crippen LogP contribution in [0.4, 0.5) is 4.39 Å². The van der Waals surface area contributed by atoms with Crippen LogP contribution in [0.1, 0.15) is 52.0 Å². The second-order valence-corrected chi connectivity index (χ2v) is 8.17. The SMILES string of the molecule is CN1C(=O)c2cccc(C(F)CBr)c2[C@H]2C[C@@H]1c1nc3ccc(Cl)cc3n12. The van der Waals surface area contributed by atoms with E-state index < -0.39 is 6.17 Å². The van der Waals surface area contributed by atoms with Crippen molar-refractivity contribution in [2.24, 2.45) is 0 Å². The molecule has 1 unspecified atom stereocenters. The van der Waals surface area contributed by atoms with E-state index >= 15 is 0 Å². The molecule has 2 aliphatic heterocycles. The van der Waals surface area contributed by atoms with Gasteiger partial charge in [-0.05, 0) is 35.4 Å². The molecule has 0 aliphatic carbocycles. The lowest BCUT2D eigenvalue weighted by molar-refractivity contribution is 0.0734. The number of rotatable bonds is 2. The lowest BCUT2D eigenvalue weighted by Gasteiger charge is -2.25. The Hall–Kier alpha value is -1.92. The van der Waals surface area contributed by atoms with Crippen molar-refractivity contribution in [2.75, 3.05) is 12.4 Å². The van der Waals surface area contributed by atoms with Gasteiger partial charge in [0.1, 0.15) is 12.0 Å². The maximum atomic E-state index is 14.8. The summed E-state index contributed by atoms with van der Waals surface area (Å²) in [6.07, 6.45) is -0.497. The van der Waals surface area contributed by atoms with Crippen LogP contribution in [0.3, 0.4) is 0 Å². The number of imidazole rings is 1. The first-order valence-corrected chi connectivity index (χ1v) is 10.3. The zero-order valence-electron chi connectivity index (χ0n) is 14.5. The second-order valence-electron chi connectivity index (χ2n) is 7.09. The van der Waals surface area contributed by atoms with Gasteiger partial charge in [-0.1, -0.05) is 39.7 Å². The van der Waals surface area contributed by atoms with E-state index in [1.807, 2.05) is 18.2 Å². The van der Waals surface area contributed by atoms with Gasteiger partial charge < -0.3 is 9.47 Å². The molecule has 2 aliphatic rings. The number of halogens is 3. The molecule has 2 aromatic carbocycles. The van der Waals surface area contributed by atoms with Gasteiger partial charge in [0.15, 0.2) is 0 Å². The lowest BCUT2D eigenvalue weighted by atomic mass is 9.91. The number of hydrogen-bond donors (Lipinski definition) is 0. The van der Waals surface area contributed by atoms with Crippen LogP contribution in [0.2, 0.25) is 5.02 Å². The fourth-order valence-electron chi connectivity index (χ4n) is 4.48. The van der Waals surface area contributed by atoms with Gasteiger partial charge in [-0.2, -0.15) is 0 Å². The minimum Gasteiger partial charge on any atom is -0.331 e. The van der Waals surface area contributed by atoms with Gasteiger partial charge in [-0.25, -0.2) is 9.37 Å². The fourth-order valence-corrected chi connectivity index (χ4v) is 4.99. The molecule has 0 radical (unpaired) electrons. The number of nitrogens with zero attached hydrogens (tertiary/aromatic N) is 3. The van der Waals surface area contributed by atoms with E-state index in [1.54, 1.807) is 30.1 Å². The standard InChI is InChI=1S/C20H16BrClFN3O/c1-25-17-8-16(26-15-7-10(22)5-6-14(15)24-19(17)26)18-11(13(23)9-21)3-2-4-12(18)20(25)27/h2-7,13,16-17H,8-9H2,1H3/t13?,16-,17-/m1/s1. The summed E-state index contributed by atoms with van der Waals surface area (Å²) >= 11 is 9.48. The normalized spacial score (nSPS) is 21.9. The fraction of sp³-hybridized carbons (Fsp3) is 0.300. The molecule has 27 heavy (non-hydrogen) atoms. The average molecular weight is 449 g/mol. The Labute approximate surface area is 169 Å². The largest absolute Gasteiger partial charge is 0.331 e. The highest BCUT2D eigenvalue weighted by Crippen LogP contribution is 2.49. The highest BCUT2D eigenvalue weighted by molar-refractivity contribution is 9.09. The number of aromatic nitrogens is 2. The van der Waals surface area contributed by atoms with Crippen LogP contribution in [-0.2, 0) is 0 Å². The van der Waals surface area contributed by atoms with Crippen LogP contribution in [0.15, 0.2) is 36.4 Å². The van der Waals surface area contributed by atoms with Crippen LogP contribution >= 0.6 is 27.5 Å². The van der Waals surface area contributed by atoms with Crippen molar-refractivity contribution in [3.8, 4) is 0 Å². The predicted octanol–water partition coefficient (Wildman–Crippen LogP) is 5.22. The molecule has 5 rings (SSSR count). The maximum absolute atomic E-state index is 14.8. The molecule has 7 heteroatoms. The van der Waals surface area contributed by atoms with E-state index in [4.69, 9.17) is 16.6 Å². The van der Waals surface area contributed by atoms with Crippen molar-refractivity contribution in [3.63, 3.8) is 0 Å². The van der Waals surface area contributed by atoms with Crippen LogP contribution in [0.25, 0.3) is 11.0 Å². The van der Waals surface area contributed by atoms with Gasteiger partial charge in [0.2, 0.25) is 0 Å². The number of hydrogen-bond acceptors (Lipinski definition) is 2. The summed E-state index contributed by atoms with van der Waals surface area (Å²) in [6.45, 7) is 0. The zero-order valence-corrected chi connectivity index (χ0v) is 16.8. The Balaban J connectivity index is 1.85. The van der Waals surface area contributed by atoms with Crippen molar-refractivity contribution in [2.45, 2.75) is 24.7 Å². The number of fused-ring (bicyclic) bond motifs is 9. The quantitative estimate of drug-likeness (QED) is 0.504. The molecule has 3 atom stereocenters. The van der Waals surface area contributed by atoms with Crippen LogP contribution in [0.5, 0.6) is 0 Å². The summed E-state index contributed by atoms with van der Waals surface area (Å²) in [5, 5.41) is 0.818. The van der Waals surface area contributed by atoms with Gasteiger partial charge in [0, 0.05) is 29.4 Å². The highest BCUT2D eigenvalue weighted by atomic mass is 79.9. The number of carbonyl (C=O) groups excluding carboxylic acids is 1. The summed E-state index contributed by atoms with van der Waals surface area (Å²) in [5.41, 5.74) is 3.65. The smallest absolute Gasteiger partial charge is 0.254 e. The molecule has 1 aromatic heterocycles. The van der Waals surface area contributed by atoms with E-state index in [2.05, 4.69) is 20.5 Å². The van der Waals surface area contributed by atoms with Crippen molar-refractivity contribution in [3.05, 3.63) is 63.9 Å². The molecular formula is C20H16BrClFN3O. The predicted molar refractivity (Wildman–Crippen MR) is 106 cm³/mol. The van der Waals surface area contributed by atoms with E-state index in [-0.39, 0.29) is 23.3 Å². The number of amides is 1. The second kappa shape index (κ2) is 6.04. The summed E-state index contributed by atoms with van der Waals surface area (Å²) in [6, 6.07) is 10.6. The third-order valence-electron chi connectivity index (χ3n) is 5.70. The Morgan fingerprint density at radius 3 is 2.93 bits per heavy atom. The summed E-state index contributed by atoms with van der Waals surface area (Å²) < 4.78 is 16.9. The van der Waals surface area contributed by atoms with E-state index in [0.717, 1.165) is 22.4 Å². The minimum absolute atomic E-state index is 0.0857. The molecule has 3 heterocycles. The first-order valence-electron chi connectivity index (χ1n) is 8.78. The Morgan fingerprint density at radius 1 is 1.33 bits per heavy atom. The summed E-state index contributed by atoms with van der Waals surface area (Å²) in [4.78, 5) is 19.6. The van der Waals surface area contributed by atoms with E-state index in [9.17, 15) is 9.18 Å². The molecule has 3 aromatic rings. The van der Waals surface area contributed by atoms with Crippen molar-refractivity contribution >= 4 is 44.5 Å². The van der Waals surface area contributed by atoms with Gasteiger partial charge in [-0.3, -0.25) is 4.79 Å². The molecule has 0 saturated heterocycles. The third-order valence-corrected chi connectivity index (χ3v) is 6.50. The van der Waals surface area contributed by atoms with E-state index in [0.29, 0.717) is 22.6 Å². The average Bonchev–Trinajstić information content (AvgIpc) is 3.19.